The van der Waals surface area contributed by atoms with E-state index in [4.69, 9.17) is 11.6 Å². The molecule has 0 spiro atoms. The van der Waals surface area contributed by atoms with Crippen LogP contribution in [0.15, 0.2) is 48.5 Å². The summed E-state index contributed by atoms with van der Waals surface area (Å²) in [6.07, 6.45) is 0. The Bertz CT molecular complexity index is 698. The Hall–Kier alpha value is -1.95. The first-order valence-corrected chi connectivity index (χ1v) is 8.72. The molecule has 0 radical (unpaired) electrons. The standard InChI is InChI=1S/C19H21ClFN3O/c20-17-7-4-8-18(21)16(17)13-23-9-11-24(12-10-23)14-19(25)22-15-5-2-1-3-6-15/h1-8H,9-14H2,(H,22,25). The van der Waals surface area contributed by atoms with Crippen molar-refractivity contribution in [3.8, 4) is 0 Å². The van der Waals surface area contributed by atoms with Crippen molar-refractivity contribution >= 4 is 23.2 Å². The minimum absolute atomic E-state index is 0.0169. The number of para-hydroxylation sites is 1. The monoisotopic (exact) mass is 361 g/mol. The Labute approximate surface area is 152 Å². The molecule has 132 valence electrons. The largest absolute Gasteiger partial charge is 0.325 e. The van der Waals surface area contributed by atoms with Gasteiger partial charge in [0, 0.05) is 49.0 Å². The molecular weight excluding hydrogens is 341 g/mol. The third kappa shape index (κ3) is 5.01. The van der Waals surface area contributed by atoms with Crippen LogP contribution in [-0.2, 0) is 11.3 Å². The topological polar surface area (TPSA) is 35.6 Å². The van der Waals surface area contributed by atoms with Crippen molar-refractivity contribution in [2.45, 2.75) is 6.54 Å². The van der Waals surface area contributed by atoms with Gasteiger partial charge in [0.2, 0.25) is 5.91 Å². The number of rotatable bonds is 5. The second-order valence-corrected chi connectivity index (χ2v) is 6.57. The van der Waals surface area contributed by atoms with E-state index in [1.54, 1.807) is 12.1 Å². The third-order valence-electron chi connectivity index (χ3n) is 4.33. The van der Waals surface area contributed by atoms with Gasteiger partial charge in [0.05, 0.1) is 6.54 Å². The van der Waals surface area contributed by atoms with Gasteiger partial charge in [-0.05, 0) is 24.3 Å². The van der Waals surface area contributed by atoms with E-state index in [2.05, 4.69) is 15.1 Å². The molecule has 2 aromatic carbocycles. The lowest BCUT2D eigenvalue weighted by molar-refractivity contribution is -0.117. The van der Waals surface area contributed by atoms with Gasteiger partial charge in [-0.2, -0.15) is 0 Å². The molecule has 0 aromatic heterocycles. The molecule has 1 saturated heterocycles. The van der Waals surface area contributed by atoms with E-state index in [0.29, 0.717) is 23.7 Å². The van der Waals surface area contributed by atoms with E-state index in [1.165, 1.54) is 6.07 Å². The molecule has 1 aliphatic heterocycles. The number of carbonyl (C=O) groups excluding carboxylic acids is 1. The van der Waals surface area contributed by atoms with Crippen LogP contribution in [0.4, 0.5) is 10.1 Å². The summed E-state index contributed by atoms with van der Waals surface area (Å²) >= 11 is 6.09. The minimum atomic E-state index is -0.267. The summed E-state index contributed by atoms with van der Waals surface area (Å²) in [5.74, 6) is -0.283. The first-order chi connectivity index (χ1) is 12.1. The summed E-state index contributed by atoms with van der Waals surface area (Å²) in [4.78, 5) is 16.4. The van der Waals surface area contributed by atoms with Crippen molar-refractivity contribution in [3.63, 3.8) is 0 Å². The predicted octanol–water partition coefficient (Wildman–Crippen LogP) is 3.24. The number of hydrogen-bond acceptors (Lipinski definition) is 3. The van der Waals surface area contributed by atoms with Crippen LogP contribution in [0.5, 0.6) is 0 Å². The lowest BCUT2D eigenvalue weighted by Crippen LogP contribution is -2.48. The molecule has 1 N–H and O–H groups in total. The van der Waals surface area contributed by atoms with Crippen molar-refractivity contribution < 1.29 is 9.18 Å². The van der Waals surface area contributed by atoms with Gasteiger partial charge in [0.1, 0.15) is 5.82 Å². The molecule has 1 fully saturated rings. The van der Waals surface area contributed by atoms with Gasteiger partial charge in [0.15, 0.2) is 0 Å². The second-order valence-electron chi connectivity index (χ2n) is 6.17. The van der Waals surface area contributed by atoms with Crippen molar-refractivity contribution in [1.29, 1.82) is 0 Å². The van der Waals surface area contributed by atoms with Gasteiger partial charge in [-0.25, -0.2) is 4.39 Å². The molecule has 2 aromatic rings. The van der Waals surface area contributed by atoms with Crippen LogP contribution in [0.3, 0.4) is 0 Å². The number of benzene rings is 2. The van der Waals surface area contributed by atoms with E-state index in [9.17, 15) is 9.18 Å². The zero-order chi connectivity index (χ0) is 17.6. The summed E-state index contributed by atoms with van der Waals surface area (Å²) in [6.45, 7) is 3.97. The molecule has 0 saturated carbocycles. The Morgan fingerprint density at radius 2 is 1.68 bits per heavy atom. The van der Waals surface area contributed by atoms with Crippen molar-refractivity contribution in [2.75, 3.05) is 38.0 Å². The van der Waals surface area contributed by atoms with Crippen LogP contribution in [-0.4, -0.2) is 48.4 Å². The number of anilines is 1. The van der Waals surface area contributed by atoms with E-state index >= 15 is 0 Å². The Balaban J connectivity index is 1.46. The average Bonchev–Trinajstić information content (AvgIpc) is 2.60. The van der Waals surface area contributed by atoms with E-state index < -0.39 is 0 Å². The second kappa shape index (κ2) is 8.43. The van der Waals surface area contributed by atoms with Gasteiger partial charge in [0.25, 0.3) is 0 Å². The SMILES string of the molecule is O=C(CN1CCN(Cc2c(F)cccc2Cl)CC1)Nc1ccccc1. The fourth-order valence-electron chi connectivity index (χ4n) is 2.94. The van der Waals surface area contributed by atoms with Gasteiger partial charge in [-0.15, -0.1) is 0 Å². The molecule has 3 rings (SSSR count). The van der Waals surface area contributed by atoms with Crippen LogP contribution >= 0.6 is 11.6 Å². The highest BCUT2D eigenvalue weighted by atomic mass is 35.5. The highest BCUT2D eigenvalue weighted by Gasteiger charge is 2.20. The maximum Gasteiger partial charge on any atom is 0.238 e. The summed E-state index contributed by atoms with van der Waals surface area (Å²) in [5, 5.41) is 3.36. The number of piperazine rings is 1. The summed E-state index contributed by atoms with van der Waals surface area (Å²) in [6, 6.07) is 14.2. The first kappa shape index (κ1) is 17.9. The molecule has 0 bridgehead atoms. The molecule has 0 aliphatic carbocycles. The fraction of sp³-hybridized carbons (Fsp3) is 0.316. The quantitative estimate of drug-likeness (QED) is 0.888. The molecular formula is C19H21ClFN3O. The Kier molecular flexibility index (Phi) is 6.02. The maximum absolute atomic E-state index is 13.9. The average molecular weight is 362 g/mol. The lowest BCUT2D eigenvalue weighted by atomic mass is 10.2. The third-order valence-corrected chi connectivity index (χ3v) is 4.69. The van der Waals surface area contributed by atoms with E-state index in [0.717, 1.165) is 31.9 Å². The normalized spacial score (nSPS) is 15.9. The molecule has 25 heavy (non-hydrogen) atoms. The van der Waals surface area contributed by atoms with Crippen molar-refractivity contribution in [3.05, 3.63) is 64.9 Å². The van der Waals surface area contributed by atoms with Crippen LogP contribution in [0.2, 0.25) is 5.02 Å². The predicted molar refractivity (Wildman–Crippen MR) is 98.2 cm³/mol. The van der Waals surface area contributed by atoms with Crippen LogP contribution in [0.25, 0.3) is 0 Å². The lowest BCUT2D eigenvalue weighted by Gasteiger charge is -2.34. The molecule has 0 atom stereocenters. The number of nitrogens with zero attached hydrogens (tertiary/aromatic N) is 2. The number of carbonyl (C=O) groups is 1. The maximum atomic E-state index is 13.9. The first-order valence-electron chi connectivity index (χ1n) is 8.34. The van der Waals surface area contributed by atoms with Gasteiger partial charge in [-0.3, -0.25) is 14.6 Å². The van der Waals surface area contributed by atoms with Crippen molar-refractivity contribution in [1.82, 2.24) is 9.80 Å². The highest BCUT2D eigenvalue weighted by Crippen LogP contribution is 2.21. The van der Waals surface area contributed by atoms with E-state index in [1.807, 2.05) is 30.3 Å². The number of halogens is 2. The number of hydrogen-bond donors (Lipinski definition) is 1. The summed E-state index contributed by atoms with van der Waals surface area (Å²) < 4.78 is 13.9. The smallest absolute Gasteiger partial charge is 0.238 e. The van der Waals surface area contributed by atoms with Gasteiger partial charge in [-0.1, -0.05) is 35.9 Å². The number of amides is 1. The molecule has 6 heteroatoms. The van der Waals surface area contributed by atoms with Gasteiger partial charge < -0.3 is 5.32 Å². The summed E-state index contributed by atoms with van der Waals surface area (Å²) in [5.41, 5.74) is 1.35. The zero-order valence-corrected chi connectivity index (χ0v) is 14.7. The highest BCUT2D eigenvalue weighted by molar-refractivity contribution is 6.31. The molecule has 1 heterocycles. The Morgan fingerprint density at radius 1 is 1.00 bits per heavy atom. The summed E-state index contributed by atoms with van der Waals surface area (Å²) in [7, 11) is 0. The van der Waals surface area contributed by atoms with Gasteiger partial charge >= 0.3 is 0 Å². The molecule has 0 unspecified atom stereocenters. The minimum Gasteiger partial charge on any atom is -0.325 e. The molecule has 1 amide bonds. The van der Waals surface area contributed by atoms with Crippen LogP contribution < -0.4 is 5.32 Å². The zero-order valence-electron chi connectivity index (χ0n) is 13.9. The van der Waals surface area contributed by atoms with Crippen molar-refractivity contribution in [2.24, 2.45) is 0 Å². The van der Waals surface area contributed by atoms with Crippen LogP contribution in [0.1, 0.15) is 5.56 Å². The van der Waals surface area contributed by atoms with E-state index in [-0.39, 0.29) is 11.7 Å². The fourth-order valence-corrected chi connectivity index (χ4v) is 3.16. The molecule has 1 aliphatic rings. The molecule has 4 nitrogen and oxygen atoms in total. The number of nitrogens with one attached hydrogen (secondary N) is 1. The Morgan fingerprint density at radius 3 is 2.36 bits per heavy atom. The van der Waals surface area contributed by atoms with Crippen LogP contribution in [0, 0.1) is 5.82 Å².